The van der Waals surface area contributed by atoms with Gasteiger partial charge < -0.3 is 18.9 Å². The molecule has 22 heavy (non-hydrogen) atoms. The Morgan fingerprint density at radius 2 is 2.09 bits per heavy atom. The van der Waals surface area contributed by atoms with Crippen molar-refractivity contribution in [1.82, 2.24) is 10.1 Å². The van der Waals surface area contributed by atoms with Gasteiger partial charge in [0, 0.05) is 20.2 Å². The minimum atomic E-state index is -0.213. The summed E-state index contributed by atoms with van der Waals surface area (Å²) in [7, 11) is 4.90. The number of amides is 1. The van der Waals surface area contributed by atoms with Gasteiger partial charge in [0.1, 0.15) is 5.75 Å². The van der Waals surface area contributed by atoms with Crippen molar-refractivity contribution < 1.29 is 18.8 Å². The Labute approximate surface area is 129 Å². The van der Waals surface area contributed by atoms with E-state index in [1.165, 1.54) is 0 Å². The van der Waals surface area contributed by atoms with Gasteiger partial charge in [0.15, 0.2) is 11.5 Å². The molecule has 0 radical (unpaired) electrons. The third-order valence-electron chi connectivity index (χ3n) is 3.49. The van der Waals surface area contributed by atoms with E-state index in [-0.39, 0.29) is 17.6 Å². The number of aromatic nitrogens is 1. The van der Waals surface area contributed by atoms with E-state index in [2.05, 4.69) is 5.16 Å². The first-order chi connectivity index (χ1) is 10.6. The average molecular weight is 304 g/mol. The zero-order chi connectivity index (χ0) is 16.1. The summed E-state index contributed by atoms with van der Waals surface area (Å²) in [4.78, 5) is 14.0. The zero-order valence-electron chi connectivity index (χ0n) is 13.2. The predicted molar refractivity (Wildman–Crippen MR) is 81.9 cm³/mol. The van der Waals surface area contributed by atoms with Crippen LogP contribution in [0.25, 0.3) is 11.3 Å². The Balaban J connectivity index is 2.23. The van der Waals surface area contributed by atoms with E-state index >= 15 is 0 Å². The summed E-state index contributed by atoms with van der Waals surface area (Å²) < 4.78 is 15.6. The van der Waals surface area contributed by atoms with Gasteiger partial charge in [0.2, 0.25) is 0 Å². The number of carbonyl (C=O) groups excluding carboxylic acids is 1. The van der Waals surface area contributed by atoms with Crippen LogP contribution < -0.4 is 4.74 Å². The number of ether oxygens (including phenoxy) is 2. The fourth-order valence-corrected chi connectivity index (χ4v) is 2.08. The Morgan fingerprint density at radius 3 is 2.77 bits per heavy atom. The zero-order valence-corrected chi connectivity index (χ0v) is 13.2. The molecule has 0 N–H and O–H groups in total. The molecule has 1 heterocycles. The van der Waals surface area contributed by atoms with E-state index in [4.69, 9.17) is 14.0 Å². The molecule has 0 unspecified atom stereocenters. The molecule has 0 aliphatic heterocycles. The third-order valence-corrected chi connectivity index (χ3v) is 3.49. The normalized spacial score (nSPS) is 12.0. The van der Waals surface area contributed by atoms with Crippen molar-refractivity contribution in [1.29, 1.82) is 0 Å². The second-order valence-electron chi connectivity index (χ2n) is 5.00. The molecule has 118 valence electrons. The van der Waals surface area contributed by atoms with Crippen LogP contribution >= 0.6 is 0 Å². The van der Waals surface area contributed by atoms with Gasteiger partial charge in [-0.1, -0.05) is 17.3 Å². The molecule has 2 rings (SSSR count). The number of methoxy groups -OCH3 is 2. The lowest BCUT2D eigenvalue weighted by molar-refractivity contribution is 0.0624. The molecule has 1 aromatic carbocycles. The first-order valence-corrected chi connectivity index (χ1v) is 6.94. The molecule has 0 aliphatic carbocycles. The average Bonchev–Trinajstić information content (AvgIpc) is 3.03. The molecule has 0 fully saturated rings. The number of carbonyl (C=O) groups is 1. The fourth-order valence-electron chi connectivity index (χ4n) is 2.08. The van der Waals surface area contributed by atoms with Crippen LogP contribution in [0.2, 0.25) is 0 Å². The summed E-state index contributed by atoms with van der Waals surface area (Å²) in [5.74, 6) is 0.946. The SMILES string of the molecule is COC[C@H](C)N(C)C(=O)c1cc(-c2ccccc2OC)on1. The highest BCUT2D eigenvalue weighted by Gasteiger charge is 2.22. The Bertz CT molecular complexity index is 639. The van der Waals surface area contributed by atoms with Crippen LogP contribution in [0.15, 0.2) is 34.9 Å². The summed E-state index contributed by atoms with van der Waals surface area (Å²) >= 11 is 0. The monoisotopic (exact) mass is 304 g/mol. The maximum atomic E-state index is 12.4. The number of rotatable bonds is 6. The van der Waals surface area contributed by atoms with Crippen LogP contribution in [-0.4, -0.2) is 49.9 Å². The molecule has 6 heteroatoms. The molecule has 1 aromatic heterocycles. The van der Waals surface area contributed by atoms with Gasteiger partial charge in [0.25, 0.3) is 5.91 Å². The molecule has 1 atom stereocenters. The molecule has 2 aromatic rings. The summed E-state index contributed by atoms with van der Waals surface area (Å²) in [5, 5.41) is 3.87. The van der Waals surface area contributed by atoms with Crippen molar-refractivity contribution >= 4 is 5.91 Å². The smallest absolute Gasteiger partial charge is 0.276 e. The highest BCUT2D eigenvalue weighted by molar-refractivity contribution is 5.93. The molecular formula is C16H20N2O4. The summed E-state index contributed by atoms with van der Waals surface area (Å²) in [6.07, 6.45) is 0. The lowest BCUT2D eigenvalue weighted by Crippen LogP contribution is -2.37. The Hall–Kier alpha value is -2.34. The maximum absolute atomic E-state index is 12.4. The molecule has 0 spiro atoms. The lowest BCUT2D eigenvalue weighted by atomic mass is 10.1. The van der Waals surface area contributed by atoms with E-state index in [0.29, 0.717) is 18.1 Å². The van der Waals surface area contributed by atoms with Gasteiger partial charge in [-0.05, 0) is 19.1 Å². The number of benzene rings is 1. The number of hydrogen-bond donors (Lipinski definition) is 0. The second-order valence-corrected chi connectivity index (χ2v) is 5.00. The quantitative estimate of drug-likeness (QED) is 0.820. The number of nitrogens with zero attached hydrogens (tertiary/aromatic N) is 2. The molecule has 0 aliphatic rings. The van der Waals surface area contributed by atoms with Crippen LogP contribution in [0.4, 0.5) is 0 Å². The third kappa shape index (κ3) is 3.28. The molecular weight excluding hydrogens is 284 g/mol. The van der Waals surface area contributed by atoms with Gasteiger partial charge in [-0.2, -0.15) is 0 Å². The Kier molecular flexibility index (Phi) is 5.16. The predicted octanol–water partition coefficient (Wildman–Crippen LogP) is 2.46. The molecule has 0 bridgehead atoms. The summed E-state index contributed by atoms with van der Waals surface area (Å²) in [6, 6.07) is 8.98. The standard InChI is InChI=1S/C16H20N2O4/c1-11(10-20-3)18(2)16(19)13-9-15(22-17-13)12-7-5-6-8-14(12)21-4/h5-9,11H,10H2,1-4H3/t11-/m0/s1. The van der Waals surface area contributed by atoms with Crippen molar-refractivity contribution in [2.75, 3.05) is 27.9 Å². The van der Waals surface area contributed by atoms with Gasteiger partial charge in [-0.15, -0.1) is 0 Å². The molecule has 1 amide bonds. The van der Waals surface area contributed by atoms with Gasteiger partial charge in [-0.25, -0.2) is 0 Å². The van der Waals surface area contributed by atoms with Gasteiger partial charge in [-0.3, -0.25) is 4.79 Å². The molecule has 0 saturated carbocycles. The lowest BCUT2D eigenvalue weighted by Gasteiger charge is -2.23. The first kappa shape index (κ1) is 16.0. The van der Waals surface area contributed by atoms with Crippen molar-refractivity contribution in [3.05, 3.63) is 36.0 Å². The van der Waals surface area contributed by atoms with Crippen LogP contribution in [0.1, 0.15) is 17.4 Å². The summed E-state index contributed by atoms with van der Waals surface area (Å²) in [5.41, 5.74) is 1.01. The molecule has 6 nitrogen and oxygen atoms in total. The maximum Gasteiger partial charge on any atom is 0.276 e. The van der Waals surface area contributed by atoms with Gasteiger partial charge >= 0.3 is 0 Å². The second kappa shape index (κ2) is 7.09. The van der Waals surface area contributed by atoms with Crippen LogP contribution in [0, 0.1) is 0 Å². The fraction of sp³-hybridized carbons (Fsp3) is 0.375. The van der Waals surface area contributed by atoms with E-state index in [1.54, 1.807) is 32.2 Å². The van der Waals surface area contributed by atoms with E-state index in [9.17, 15) is 4.79 Å². The summed E-state index contributed by atoms with van der Waals surface area (Å²) in [6.45, 7) is 2.36. The van der Waals surface area contributed by atoms with E-state index < -0.39 is 0 Å². The Morgan fingerprint density at radius 1 is 1.36 bits per heavy atom. The topological polar surface area (TPSA) is 64.8 Å². The number of hydrogen-bond acceptors (Lipinski definition) is 5. The van der Waals surface area contributed by atoms with Crippen molar-refractivity contribution in [2.45, 2.75) is 13.0 Å². The first-order valence-electron chi connectivity index (χ1n) is 6.94. The number of para-hydroxylation sites is 1. The largest absolute Gasteiger partial charge is 0.496 e. The van der Waals surface area contributed by atoms with Crippen molar-refractivity contribution in [2.24, 2.45) is 0 Å². The van der Waals surface area contributed by atoms with Gasteiger partial charge in [0.05, 0.1) is 25.3 Å². The van der Waals surface area contributed by atoms with E-state index in [0.717, 1.165) is 5.56 Å². The van der Waals surface area contributed by atoms with Crippen molar-refractivity contribution in [3.63, 3.8) is 0 Å². The van der Waals surface area contributed by atoms with Crippen LogP contribution in [0.3, 0.4) is 0 Å². The molecule has 0 saturated heterocycles. The van der Waals surface area contributed by atoms with Crippen LogP contribution in [-0.2, 0) is 4.74 Å². The highest BCUT2D eigenvalue weighted by Crippen LogP contribution is 2.30. The number of likely N-dealkylation sites (N-methyl/N-ethyl adjacent to an activating group) is 1. The van der Waals surface area contributed by atoms with E-state index in [1.807, 2.05) is 31.2 Å². The minimum absolute atomic E-state index is 0.0519. The minimum Gasteiger partial charge on any atom is -0.496 e. The van der Waals surface area contributed by atoms with Crippen LogP contribution in [0.5, 0.6) is 5.75 Å². The van der Waals surface area contributed by atoms with Crippen molar-refractivity contribution in [3.8, 4) is 17.1 Å². The highest BCUT2D eigenvalue weighted by atomic mass is 16.5.